The lowest BCUT2D eigenvalue weighted by atomic mass is 10.1. The van der Waals surface area contributed by atoms with Crippen LogP contribution in [0.1, 0.15) is 31.5 Å². The van der Waals surface area contributed by atoms with E-state index in [1.165, 1.54) is 18.9 Å². The van der Waals surface area contributed by atoms with Crippen molar-refractivity contribution in [1.82, 2.24) is 10.3 Å². The molecule has 2 aliphatic rings. The van der Waals surface area contributed by atoms with E-state index in [0.29, 0.717) is 38.0 Å². The Morgan fingerprint density at radius 3 is 2.78 bits per heavy atom. The molecule has 0 spiro atoms. The molecule has 0 saturated carbocycles. The largest absolute Gasteiger partial charge is 0.493 e. The van der Waals surface area contributed by atoms with Crippen LogP contribution in [0.2, 0.25) is 5.02 Å². The van der Waals surface area contributed by atoms with Crippen molar-refractivity contribution in [3.63, 3.8) is 0 Å². The predicted octanol–water partition coefficient (Wildman–Crippen LogP) is 3.80. The van der Waals surface area contributed by atoms with Crippen LogP contribution in [0.3, 0.4) is 0 Å². The van der Waals surface area contributed by atoms with Crippen molar-refractivity contribution < 1.29 is 14.3 Å². The molecule has 2 aromatic rings. The Morgan fingerprint density at radius 2 is 2.06 bits per heavy atom. The number of rotatable bonds is 6. The lowest BCUT2D eigenvalue weighted by Gasteiger charge is -2.34. The lowest BCUT2D eigenvalue weighted by Crippen LogP contribution is -2.50. The van der Waals surface area contributed by atoms with E-state index in [0.717, 1.165) is 28.6 Å². The summed E-state index contributed by atoms with van der Waals surface area (Å²) in [4.78, 5) is 18.1. The first-order valence-electron chi connectivity index (χ1n) is 10.1. The number of amides is 1. The molecule has 4 rings (SSSR count). The first-order valence-corrected chi connectivity index (χ1v) is 12.2. The Balaban J connectivity index is 1.89. The monoisotopic (exact) mass is 536 g/mol. The molecule has 32 heavy (non-hydrogen) atoms. The minimum atomic E-state index is -0.594. The van der Waals surface area contributed by atoms with Gasteiger partial charge in [-0.1, -0.05) is 52.6 Å². The standard InChI is InChI=1S/C22H22BrClN4O3S/c1-4-5-8-32-22-26-21(29)18-14-11-13(23)6-7-16(14)25-20(28(18)27-22)12-9-15(24)19(31-3)17(10-12)30-2/h6-7,9-11,20H,4-5,8H2,1-3H3,(H,26,27,29). The second kappa shape index (κ2) is 9.72. The number of nitrogens with zero attached hydrogens (tertiary/aromatic N) is 3. The highest BCUT2D eigenvalue weighted by atomic mass is 79.9. The number of hydrogen-bond acceptors (Lipinski definition) is 7. The molecule has 0 bridgehead atoms. The van der Waals surface area contributed by atoms with Crippen molar-refractivity contribution in [2.24, 2.45) is 10.1 Å². The van der Waals surface area contributed by atoms with Gasteiger partial charge in [0, 0.05) is 21.0 Å². The van der Waals surface area contributed by atoms with Gasteiger partial charge in [-0.15, -0.1) is 5.10 Å². The number of amidine groups is 1. The maximum Gasteiger partial charge on any atom is 0.276 e. The predicted molar refractivity (Wildman–Crippen MR) is 130 cm³/mol. The maximum absolute atomic E-state index is 13.2. The zero-order valence-electron chi connectivity index (χ0n) is 17.8. The minimum Gasteiger partial charge on any atom is -0.493 e. The van der Waals surface area contributed by atoms with Crippen molar-refractivity contribution in [3.8, 4) is 11.5 Å². The Kier molecular flexibility index (Phi) is 6.97. The second-order valence-corrected chi connectivity index (χ2v) is 9.56. The van der Waals surface area contributed by atoms with Gasteiger partial charge >= 0.3 is 0 Å². The normalized spacial score (nSPS) is 17.1. The molecule has 1 amide bonds. The number of nitrogens with one attached hydrogen (secondary N) is 1. The van der Waals surface area contributed by atoms with Crippen LogP contribution in [0.25, 0.3) is 5.70 Å². The number of methoxy groups -OCH3 is 2. The molecular weight excluding hydrogens is 516 g/mol. The van der Waals surface area contributed by atoms with E-state index >= 15 is 0 Å². The molecule has 7 nitrogen and oxygen atoms in total. The zero-order chi connectivity index (χ0) is 22.8. The Bertz CT molecular complexity index is 1220. The third-order valence-corrected chi connectivity index (χ3v) is 6.78. The van der Waals surface area contributed by atoms with E-state index < -0.39 is 6.17 Å². The highest BCUT2D eigenvalue weighted by molar-refractivity contribution is 9.10. The molecular formula is C22H22BrClN4O3S. The van der Waals surface area contributed by atoms with Gasteiger partial charge in [0.05, 0.1) is 24.6 Å². The van der Waals surface area contributed by atoms with Gasteiger partial charge in [-0.2, -0.15) is 0 Å². The average Bonchev–Trinajstić information content (AvgIpc) is 2.78. The maximum atomic E-state index is 13.2. The number of fused-ring (bicyclic) bond motifs is 2. The third-order valence-electron chi connectivity index (χ3n) is 5.06. The van der Waals surface area contributed by atoms with Crippen molar-refractivity contribution in [3.05, 3.63) is 56.0 Å². The van der Waals surface area contributed by atoms with Gasteiger partial charge in [0.25, 0.3) is 5.91 Å². The van der Waals surface area contributed by atoms with Gasteiger partial charge in [0.1, 0.15) is 5.70 Å². The molecule has 0 saturated heterocycles. The lowest BCUT2D eigenvalue weighted by molar-refractivity contribution is -0.116. The SMILES string of the molecule is CCCCSC1=NN2C(=c3cc(Br)ccc3=NC2c2cc(Cl)c(OC)c(OC)c2)C(=O)N1. The number of carbonyl (C=O) groups is 1. The second-order valence-electron chi connectivity index (χ2n) is 7.16. The Hall–Kier alpha value is -2.23. The smallest absolute Gasteiger partial charge is 0.276 e. The molecule has 1 N–H and O–H groups in total. The fraction of sp³-hybridized carbons (Fsp3) is 0.318. The van der Waals surface area contributed by atoms with Gasteiger partial charge in [-0.05, 0) is 36.8 Å². The summed E-state index contributed by atoms with van der Waals surface area (Å²) >= 11 is 11.5. The van der Waals surface area contributed by atoms with Gasteiger partial charge in [0.15, 0.2) is 22.8 Å². The number of benzene rings is 2. The molecule has 0 aromatic heterocycles. The van der Waals surface area contributed by atoms with E-state index in [9.17, 15) is 4.79 Å². The van der Waals surface area contributed by atoms with Crippen LogP contribution in [0, 0.1) is 0 Å². The first-order chi connectivity index (χ1) is 15.5. The number of thioether (sulfide) groups is 1. The molecule has 10 heteroatoms. The number of unbranched alkanes of at least 4 members (excludes halogenated alkanes) is 1. The zero-order valence-corrected chi connectivity index (χ0v) is 21.0. The minimum absolute atomic E-state index is 0.218. The number of hydrazone groups is 1. The molecule has 168 valence electrons. The summed E-state index contributed by atoms with van der Waals surface area (Å²) < 4.78 is 11.7. The van der Waals surface area contributed by atoms with Crippen LogP contribution < -0.4 is 25.4 Å². The van der Waals surface area contributed by atoms with E-state index in [4.69, 9.17) is 31.2 Å². The van der Waals surface area contributed by atoms with Crippen LogP contribution in [0.4, 0.5) is 0 Å². The van der Waals surface area contributed by atoms with Gasteiger partial charge in [-0.3, -0.25) is 15.1 Å². The molecule has 0 fully saturated rings. The summed E-state index contributed by atoms with van der Waals surface area (Å²) in [5.74, 6) is 1.57. The number of halogens is 2. The van der Waals surface area contributed by atoms with Gasteiger partial charge in [-0.25, -0.2) is 5.01 Å². The van der Waals surface area contributed by atoms with Gasteiger partial charge < -0.3 is 9.47 Å². The Labute approximate surface area is 203 Å². The summed E-state index contributed by atoms with van der Waals surface area (Å²) in [5.41, 5.74) is 1.17. The summed E-state index contributed by atoms with van der Waals surface area (Å²) in [6.07, 6.45) is 1.51. The van der Waals surface area contributed by atoms with Gasteiger partial charge in [0.2, 0.25) is 0 Å². The highest BCUT2D eigenvalue weighted by Gasteiger charge is 2.35. The fourth-order valence-electron chi connectivity index (χ4n) is 3.53. The molecule has 2 aliphatic heterocycles. The van der Waals surface area contributed by atoms with E-state index in [2.05, 4.69) is 28.2 Å². The summed E-state index contributed by atoms with van der Waals surface area (Å²) in [6.45, 7) is 2.13. The number of carbonyl (C=O) groups excluding carboxylic acids is 1. The van der Waals surface area contributed by atoms with Crippen molar-refractivity contribution in [2.75, 3.05) is 20.0 Å². The van der Waals surface area contributed by atoms with Crippen LogP contribution in [0.5, 0.6) is 11.5 Å². The van der Waals surface area contributed by atoms with Crippen molar-refractivity contribution in [2.45, 2.75) is 25.9 Å². The molecule has 0 radical (unpaired) electrons. The van der Waals surface area contributed by atoms with E-state index in [1.54, 1.807) is 18.2 Å². The average molecular weight is 538 g/mol. The number of hydrogen-bond donors (Lipinski definition) is 1. The third kappa shape index (κ3) is 4.33. The first kappa shape index (κ1) is 22.9. The summed E-state index contributed by atoms with van der Waals surface area (Å²) in [5, 5.41) is 11.7. The van der Waals surface area contributed by atoms with Crippen molar-refractivity contribution >= 4 is 56.1 Å². The molecule has 0 aliphatic carbocycles. The molecule has 2 heterocycles. The topological polar surface area (TPSA) is 75.5 Å². The van der Waals surface area contributed by atoms with E-state index in [-0.39, 0.29) is 5.91 Å². The van der Waals surface area contributed by atoms with Crippen LogP contribution in [0.15, 0.2) is 44.9 Å². The summed E-state index contributed by atoms with van der Waals surface area (Å²) in [7, 11) is 3.09. The molecule has 1 atom stereocenters. The van der Waals surface area contributed by atoms with Crippen molar-refractivity contribution in [1.29, 1.82) is 0 Å². The Morgan fingerprint density at radius 1 is 1.25 bits per heavy atom. The molecule has 1 unspecified atom stereocenters. The van der Waals surface area contributed by atoms with E-state index in [1.807, 2.05) is 24.3 Å². The fourth-order valence-corrected chi connectivity index (χ4v) is 5.13. The van der Waals surface area contributed by atoms with Crippen LogP contribution in [-0.2, 0) is 4.79 Å². The summed E-state index contributed by atoms with van der Waals surface area (Å²) in [6, 6.07) is 9.23. The quantitative estimate of drug-likeness (QED) is 0.568. The molecule has 2 aromatic carbocycles. The van der Waals surface area contributed by atoms with Crippen LogP contribution in [-0.4, -0.2) is 36.1 Å². The van der Waals surface area contributed by atoms with Crippen LogP contribution >= 0.6 is 39.3 Å². The highest BCUT2D eigenvalue weighted by Crippen LogP contribution is 2.40. The number of ether oxygens (including phenoxy) is 2.